The summed E-state index contributed by atoms with van der Waals surface area (Å²) in [5.74, 6) is -10.3. The summed E-state index contributed by atoms with van der Waals surface area (Å²) in [5.41, 5.74) is -1.08. The van der Waals surface area contributed by atoms with Crippen LogP contribution in [0.2, 0.25) is 0 Å². The number of nitrogens with one attached hydrogen (secondary N) is 4. The van der Waals surface area contributed by atoms with Crippen LogP contribution in [0.5, 0.6) is 0 Å². The molecule has 25 heteroatoms. The van der Waals surface area contributed by atoms with Gasteiger partial charge in [0.1, 0.15) is 66.3 Å². The fraction of sp³-hybridized carbons (Fsp3) is 0.742. The van der Waals surface area contributed by atoms with E-state index < -0.39 is 155 Å². The Morgan fingerprint density at radius 1 is 0.560 bits per heavy atom. The van der Waals surface area contributed by atoms with Gasteiger partial charge in [0.05, 0.1) is 18.3 Å². The zero-order valence-electron chi connectivity index (χ0n) is 59.7. The molecule has 1 aliphatic heterocycles. The van der Waals surface area contributed by atoms with Gasteiger partial charge in [-0.05, 0) is 109 Å². The molecule has 11 amide bonds. The molecule has 12 atom stereocenters. The van der Waals surface area contributed by atoms with E-state index >= 15 is 9.59 Å². The Kier molecular flexibility index (Phi) is 38.0. The van der Waals surface area contributed by atoms with Crippen LogP contribution in [0.3, 0.4) is 0 Å². The molecule has 0 spiro atoms. The number of ether oxygens (including phenoxy) is 1. The summed E-state index contributed by atoms with van der Waals surface area (Å²) in [7, 11) is 9.71. The number of aliphatic hydroxyl groups excluding tert-OH is 1. The van der Waals surface area contributed by atoms with Gasteiger partial charge in [-0.15, -0.1) is 6.58 Å². The molecular weight excluding hydrogens is 1340 g/mol. The van der Waals surface area contributed by atoms with Crippen molar-refractivity contribution in [3.05, 3.63) is 38.8 Å². The largest absolute Gasteiger partial charge is 2.00 e. The fourth-order valence-electron chi connectivity index (χ4n) is 10.9. The topological polar surface area (TPSA) is 288 Å². The summed E-state index contributed by atoms with van der Waals surface area (Å²) in [6.45, 7) is 34.1. The molecule has 0 radical (unpaired) electrons. The van der Waals surface area contributed by atoms with E-state index in [2.05, 4.69) is 27.8 Å². The number of carbonyl (C=O) groups excluding carboxylic acids is 11. The minimum absolute atomic E-state index is 0. The van der Waals surface area contributed by atoms with Crippen molar-refractivity contribution in [2.24, 2.45) is 35.5 Å². The molecule has 0 aromatic heterocycles. The molecule has 0 aromatic carbocycles. The first-order valence-electron chi connectivity index (χ1n) is 31.5. The number of amides is 11. The normalized spacial score (nSPS) is 25.6. The molecule has 91 heavy (non-hydrogen) atoms. The fourth-order valence-corrected chi connectivity index (χ4v) is 10.9. The van der Waals surface area contributed by atoms with Crippen molar-refractivity contribution in [1.29, 1.82) is 0 Å². The molecule has 1 heterocycles. The van der Waals surface area contributed by atoms with E-state index in [1.807, 2.05) is 41.5 Å². The van der Waals surface area contributed by atoms with E-state index in [4.69, 9.17) is 4.74 Å². The number of hydrogen-bond acceptors (Lipinski definition) is 13. The van der Waals surface area contributed by atoms with Crippen molar-refractivity contribution < 1.29 is 83.6 Å². The maximum Gasteiger partial charge on any atom is 2.00 e. The van der Waals surface area contributed by atoms with Crippen LogP contribution >= 0.6 is 0 Å². The average Bonchev–Trinajstić information content (AvgIpc) is 1.30. The Balaban J connectivity index is 0. The van der Waals surface area contributed by atoms with Gasteiger partial charge in [0.2, 0.25) is 59.1 Å². The number of aliphatic hydroxyl groups is 1. The maximum absolute atomic E-state index is 15.2. The van der Waals surface area contributed by atoms with E-state index in [-0.39, 0.29) is 85.0 Å². The van der Waals surface area contributed by atoms with E-state index in [0.717, 1.165) is 21.2 Å². The molecule has 24 nitrogen and oxygen atoms in total. The Morgan fingerprint density at radius 3 is 1.47 bits per heavy atom. The Morgan fingerprint density at radius 2 is 1.01 bits per heavy atom. The molecule has 0 aromatic rings. The summed E-state index contributed by atoms with van der Waals surface area (Å²) in [5, 5.41) is 23.1. The second-order valence-electron chi connectivity index (χ2n) is 26.9. The zero-order chi connectivity index (χ0) is 69.0. The minimum Gasteiger partial charge on any atom is -0.469 e. The van der Waals surface area contributed by atoms with Crippen molar-refractivity contribution in [2.45, 2.75) is 228 Å². The van der Waals surface area contributed by atoms with Crippen LogP contribution in [-0.2, 0) is 78.5 Å². The van der Waals surface area contributed by atoms with Crippen molar-refractivity contribution in [3.63, 3.8) is 0 Å². The summed E-state index contributed by atoms with van der Waals surface area (Å²) >= 11 is 0. The third-order valence-electron chi connectivity index (χ3n) is 16.5. The predicted octanol–water partition coefficient (Wildman–Crippen LogP) is 4.20. The summed E-state index contributed by atoms with van der Waals surface area (Å²) < 4.78 is 6.02. The van der Waals surface area contributed by atoms with E-state index in [0.29, 0.717) is 6.42 Å². The van der Waals surface area contributed by atoms with Gasteiger partial charge >= 0.3 is 21.1 Å². The summed E-state index contributed by atoms with van der Waals surface area (Å²) in [6.07, 6.45) is 4.12. The van der Waals surface area contributed by atoms with Crippen LogP contribution in [0.4, 0.5) is 0 Å². The SMILES string of the molecule is C=CCOC(C)(C)C[C@H]1C(=O)N[C@@H](C(C)C)C(=O)N(C)[C@@H](CC(C)C)C(=O)N[C@@H](C)C(=O)N[C@H](C)C(=O)N(C)[C@@H](CC(C)C)C(=O)N(C)[C@@H](CC(C)C)C(=O)N(C)[C@@H](C(C)C)C(=O)N(C)[C@@H]([C@H](O)[C@H](C)C/C=C/C)C(=O)N[C@@H](CC)C(=O)N(C)[CH-]C(=O)N1C.[CH3-].[W+2]. The molecule has 1 rings (SSSR count). The molecule has 5 N–H and O–H groups in total. The summed E-state index contributed by atoms with van der Waals surface area (Å²) in [6, 6.07) is -12.9. The van der Waals surface area contributed by atoms with Crippen molar-refractivity contribution >= 4 is 65.0 Å². The standard InChI is InChI=1S/C65H114N11O13.CH3.W/c1-26-29-30-42(14)54(78)53-58(82)68-45(28-3)60(84)70(19)36-50(77)71(20)49(35-65(17,18)89-31-27-2)57(81)69-51(40(10)11)63(87)72(21)46(32-37(4)5)56(80)66-43(15)55(79)67-44(16)59(83)73(22)47(33-38(6)7)61(85)74(23)48(34-39(8)9)62(86)75(24)52(41(12)13)64(88)76(53)25;;/h26-27,29,36-49,51-54,78H,2,28,30-35H2,1,3-25H3,(H,66,80)(H,67,79)(H,68,82)(H,69,81);1H3;/q2*-1;+2/b29-26+;;/t42-,43+,44-,45+,46+,47+,48+,49+,51+,52+,53+,54-;;/m1../s1. The minimum atomic E-state index is -1.64. The molecule has 0 bridgehead atoms. The van der Waals surface area contributed by atoms with Crippen LogP contribution in [0.15, 0.2) is 24.8 Å². The van der Waals surface area contributed by atoms with Gasteiger partial charge in [-0.2, -0.15) is 0 Å². The van der Waals surface area contributed by atoms with Gasteiger partial charge in [0.15, 0.2) is 0 Å². The quantitative estimate of drug-likeness (QED) is 0.0952. The number of likely N-dealkylation sites (N-methyl/N-ethyl adjacent to an activating group) is 7. The third-order valence-corrected chi connectivity index (χ3v) is 16.5. The molecule has 1 saturated heterocycles. The molecule has 520 valence electrons. The van der Waals surface area contributed by atoms with Crippen LogP contribution in [0.25, 0.3) is 0 Å². The maximum atomic E-state index is 15.2. The van der Waals surface area contributed by atoms with E-state index in [9.17, 15) is 48.3 Å². The van der Waals surface area contributed by atoms with Crippen molar-refractivity contribution in [3.8, 4) is 0 Å². The third kappa shape index (κ3) is 25.2. The first kappa shape index (κ1) is 87.2. The van der Waals surface area contributed by atoms with E-state index in [1.54, 1.807) is 74.5 Å². The monoisotopic (exact) mass is 1460 g/mol. The molecule has 0 aliphatic carbocycles. The zero-order valence-corrected chi connectivity index (χ0v) is 62.6. The molecule has 0 unspecified atom stereocenters. The Bertz CT molecular complexity index is 2470. The summed E-state index contributed by atoms with van der Waals surface area (Å²) in [4.78, 5) is 169. The number of rotatable bonds is 18. The Labute approximate surface area is 560 Å². The number of carbonyl (C=O) groups is 11. The second kappa shape index (κ2) is 39.6. The molecule has 1 aliphatic rings. The molecular formula is C66H117N11O13W. The predicted molar refractivity (Wildman–Crippen MR) is 350 cm³/mol. The van der Waals surface area contributed by atoms with Crippen LogP contribution in [-0.4, -0.2) is 232 Å². The van der Waals surface area contributed by atoms with Crippen LogP contribution in [0, 0.1) is 49.5 Å². The van der Waals surface area contributed by atoms with Crippen molar-refractivity contribution in [1.82, 2.24) is 55.6 Å². The van der Waals surface area contributed by atoms with Gasteiger partial charge in [-0.25, -0.2) is 6.54 Å². The number of nitrogens with zero attached hydrogens (tertiary/aromatic N) is 7. The smallest absolute Gasteiger partial charge is 0.469 e. The number of hydrogen-bond donors (Lipinski definition) is 5. The first-order valence-corrected chi connectivity index (χ1v) is 31.5. The van der Waals surface area contributed by atoms with Crippen LogP contribution < -0.4 is 21.3 Å². The molecule has 0 saturated carbocycles. The average molecular weight is 1460 g/mol. The molecule has 1 fully saturated rings. The Hall–Kier alpha value is -5.87. The number of allylic oxidation sites excluding steroid dienone is 2. The van der Waals surface area contributed by atoms with Gasteiger partial charge in [0, 0.05) is 48.7 Å². The van der Waals surface area contributed by atoms with E-state index in [1.165, 1.54) is 88.9 Å². The van der Waals surface area contributed by atoms with Gasteiger partial charge in [-0.3, -0.25) is 47.9 Å². The second-order valence-corrected chi connectivity index (χ2v) is 26.9. The van der Waals surface area contributed by atoms with Gasteiger partial charge in [-0.1, -0.05) is 101 Å². The van der Waals surface area contributed by atoms with Crippen LogP contribution in [0.1, 0.15) is 156 Å². The van der Waals surface area contributed by atoms with Crippen molar-refractivity contribution in [2.75, 3.05) is 55.9 Å². The van der Waals surface area contributed by atoms with Gasteiger partial charge in [0.25, 0.3) is 0 Å². The van der Waals surface area contributed by atoms with Gasteiger partial charge < -0.3 is 77.6 Å². The first-order chi connectivity index (χ1) is 41.1.